The standard InChI is InChI=1S/C13H12O6/c1-3-10(14)19-7(2)8-5-4-6-9(12(15)16)11(8)13(17)18/h3-7H,1H2,2H3,(H,15,16)(H,17,18). The van der Waals surface area contributed by atoms with E-state index < -0.39 is 24.0 Å². The van der Waals surface area contributed by atoms with E-state index in [1.165, 1.54) is 25.1 Å². The number of carboxylic acid groups (broad SMARTS) is 2. The normalized spacial score (nSPS) is 11.4. The first-order chi connectivity index (χ1) is 8.88. The highest BCUT2D eigenvalue weighted by Crippen LogP contribution is 2.24. The maximum atomic E-state index is 11.2. The van der Waals surface area contributed by atoms with Gasteiger partial charge in [-0.15, -0.1) is 0 Å². The maximum Gasteiger partial charge on any atom is 0.336 e. The molecule has 19 heavy (non-hydrogen) atoms. The van der Waals surface area contributed by atoms with Gasteiger partial charge in [-0.05, 0) is 13.0 Å². The Labute approximate surface area is 108 Å². The highest BCUT2D eigenvalue weighted by Gasteiger charge is 2.24. The van der Waals surface area contributed by atoms with Crippen LogP contribution in [0.2, 0.25) is 0 Å². The molecule has 0 amide bonds. The van der Waals surface area contributed by atoms with Gasteiger partial charge >= 0.3 is 17.9 Å². The Morgan fingerprint density at radius 1 is 1.26 bits per heavy atom. The summed E-state index contributed by atoms with van der Waals surface area (Å²) in [5, 5.41) is 18.1. The van der Waals surface area contributed by atoms with Gasteiger partial charge in [0.15, 0.2) is 0 Å². The lowest BCUT2D eigenvalue weighted by molar-refractivity contribution is -0.142. The van der Waals surface area contributed by atoms with E-state index in [0.29, 0.717) is 0 Å². The summed E-state index contributed by atoms with van der Waals surface area (Å²) in [5.74, 6) is -3.47. The molecule has 1 atom stereocenters. The second-order valence-electron chi connectivity index (χ2n) is 3.66. The summed E-state index contributed by atoms with van der Waals surface area (Å²) in [6.45, 7) is 4.68. The van der Waals surface area contributed by atoms with Crippen molar-refractivity contribution >= 4 is 17.9 Å². The van der Waals surface area contributed by atoms with Gasteiger partial charge < -0.3 is 14.9 Å². The van der Waals surface area contributed by atoms with E-state index in [1.807, 2.05) is 0 Å². The number of benzene rings is 1. The number of aromatic carboxylic acids is 2. The van der Waals surface area contributed by atoms with E-state index in [2.05, 4.69) is 6.58 Å². The van der Waals surface area contributed by atoms with Crippen molar-refractivity contribution in [2.75, 3.05) is 0 Å². The van der Waals surface area contributed by atoms with E-state index >= 15 is 0 Å². The van der Waals surface area contributed by atoms with Gasteiger partial charge in [-0.1, -0.05) is 18.7 Å². The number of hydrogen-bond donors (Lipinski definition) is 2. The predicted octanol–water partition coefficient (Wildman–Crippen LogP) is 1.87. The molecule has 0 aliphatic rings. The van der Waals surface area contributed by atoms with Crippen LogP contribution in [0.3, 0.4) is 0 Å². The zero-order chi connectivity index (χ0) is 14.6. The Kier molecular flexibility index (Phi) is 4.41. The summed E-state index contributed by atoms with van der Waals surface area (Å²) in [6.07, 6.45) is 0.0498. The van der Waals surface area contributed by atoms with Crippen LogP contribution in [0.25, 0.3) is 0 Å². The average molecular weight is 264 g/mol. The highest BCUT2D eigenvalue weighted by molar-refractivity contribution is 6.02. The summed E-state index contributed by atoms with van der Waals surface area (Å²) in [4.78, 5) is 33.3. The van der Waals surface area contributed by atoms with Gasteiger partial charge in [0.05, 0.1) is 11.1 Å². The molecule has 100 valence electrons. The maximum absolute atomic E-state index is 11.2. The van der Waals surface area contributed by atoms with Crippen LogP contribution in [0.1, 0.15) is 39.3 Å². The van der Waals surface area contributed by atoms with Crippen molar-refractivity contribution in [1.82, 2.24) is 0 Å². The van der Waals surface area contributed by atoms with Gasteiger partial charge in [-0.25, -0.2) is 14.4 Å². The zero-order valence-corrected chi connectivity index (χ0v) is 10.1. The van der Waals surface area contributed by atoms with E-state index in [1.54, 1.807) is 0 Å². The van der Waals surface area contributed by atoms with Crippen molar-refractivity contribution in [3.63, 3.8) is 0 Å². The minimum absolute atomic E-state index is 0.114. The molecule has 0 bridgehead atoms. The molecule has 0 aromatic heterocycles. The van der Waals surface area contributed by atoms with E-state index in [-0.39, 0.29) is 16.7 Å². The molecule has 6 heteroatoms. The third kappa shape index (κ3) is 3.19. The fourth-order valence-electron chi connectivity index (χ4n) is 1.61. The summed E-state index contributed by atoms with van der Waals surface area (Å²) in [5.41, 5.74) is -0.631. The molecule has 1 aromatic carbocycles. The summed E-state index contributed by atoms with van der Waals surface area (Å²) >= 11 is 0. The third-order valence-electron chi connectivity index (χ3n) is 2.44. The first-order valence-electron chi connectivity index (χ1n) is 5.31. The van der Waals surface area contributed by atoms with Crippen LogP contribution >= 0.6 is 0 Å². The van der Waals surface area contributed by atoms with Crippen LogP contribution in [0.5, 0.6) is 0 Å². The number of esters is 1. The molecule has 0 radical (unpaired) electrons. The van der Waals surface area contributed by atoms with Crippen LogP contribution in [0.4, 0.5) is 0 Å². The van der Waals surface area contributed by atoms with Gasteiger partial charge in [0.2, 0.25) is 0 Å². The van der Waals surface area contributed by atoms with Crippen molar-refractivity contribution in [3.8, 4) is 0 Å². The highest BCUT2D eigenvalue weighted by atomic mass is 16.5. The molecular formula is C13H12O6. The minimum atomic E-state index is -1.39. The number of hydrogen-bond acceptors (Lipinski definition) is 4. The van der Waals surface area contributed by atoms with E-state index in [9.17, 15) is 14.4 Å². The lowest BCUT2D eigenvalue weighted by Crippen LogP contribution is -2.15. The molecule has 0 saturated carbocycles. The number of rotatable bonds is 5. The first kappa shape index (κ1) is 14.4. The van der Waals surface area contributed by atoms with E-state index in [4.69, 9.17) is 14.9 Å². The van der Waals surface area contributed by atoms with Crippen molar-refractivity contribution in [3.05, 3.63) is 47.5 Å². The molecule has 2 N–H and O–H groups in total. The first-order valence-corrected chi connectivity index (χ1v) is 5.31. The molecule has 0 spiro atoms. The van der Waals surface area contributed by atoms with Crippen LogP contribution in [-0.4, -0.2) is 28.1 Å². The predicted molar refractivity (Wildman–Crippen MR) is 65.1 cm³/mol. The molecule has 0 saturated heterocycles. The van der Waals surface area contributed by atoms with Gasteiger partial charge in [0, 0.05) is 11.6 Å². The summed E-state index contributed by atoms with van der Waals surface area (Å²) in [6, 6.07) is 3.97. The van der Waals surface area contributed by atoms with Crippen LogP contribution < -0.4 is 0 Å². The summed E-state index contributed by atoms with van der Waals surface area (Å²) in [7, 11) is 0. The van der Waals surface area contributed by atoms with Crippen molar-refractivity contribution in [2.24, 2.45) is 0 Å². The SMILES string of the molecule is C=CC(=O)OC(C)c1cccc(C(=O)O)c1C(=O)O. The van der Waals surface area contributed by atoms with Gasteiger partial charge in [-0.3, -0.25) is 0 Å². The summed E-state index contributed by atoms with van der Waals surface area (Å²) < 4.78 is 4.90. The van der Waals surface area contributed by atoms with Gasteiger partial charge in [-0.2, -0.15) is 0 Å². The Morgan fingerprint density at radius 2 is 1.89 bits per heavy atom. The molecule has 6 nitrogen and oxygen atoms in total. The molecule has 1 rings (SSSR count). The van der Waals surface area contributed by atoms with Crippen molar-refractivity contribution in [2.45, 2.75) is 13.0 Å². The smallest absolute Gasteiger partial charge is 0.336 e. The number of ether oxygens (including phenoxy) is 1. The van der Waals surface area contributed by atoms with Crippen molar-refractivity contribution in [1.29, 1.82) is 0 Å². The Morgan fingerprint density at radius 3 is 2.37 bits per heavy atom. The average Bonchev–Trinajstić information content (AvgIpc) is 2.37. The zero-order valence-electron chi connectivity index (χ0n) is 10.1. The van der Waals surface area contributed by atoms with Gasteiger partial charge in [0.1, 0.15) is 6.10 Å². The van der Waals surface area contributed by atoms with Crippen LogP contribution in [-0.2, 0) is 9.53 Å². The lowest BCUT2D eigenvalue weighted by atomic mass is 9.97. The Balaban J connectivity index is 3.30. The molecular weight excluding hydrogens is 252 g/mol. The molecule has 0 aliphatic carbocycles. The second-order valence-corrected chi connectivity index (χ2v) is 3.66. The number of carbonyl (C=O) groups is 3. The van der Waals surface area contributed by atoms with Crippen LogP contribution in [0, 0.1) is 0 Å². The number of carbonyl (C=O) groups excluding carboxylic acids is 1. The number of carboxylic acids is 2. The third-order valence-corrected chi connectivity index (χ3v) is 2.44. The topological polar surface area (TPSA) is 101 Å². The second kappa shape index (κ2) is 5.81. The van der Waals surface area contributed by atoms with Gasteiger partial charge in [0.25, 0.3) is 0 Å². The molecule has 1 aromatic rings. The molecule has 0 heterocycles. The largest absolute Gasteiger partial charge is 0.478 e. The Bertz CT molecular complexity index is 546. The fourth-order valence-corrected chi connectivity index (χ4v) is 1.61. The van der Waals surface area contributed by atoms with E-state index in [0.717, 1.165) is 6.08 Å². The Hall–Kier alpha value is -2.63. The minimum Gasteiger partial charge on any atom is -0.478 e. The lowest BCUT2D eigenvalue weighted by Gasteiger charge is -2.16. The monoisotopic (exact) mass is 264 g/mol. The fraction of sp³-hybridized carbons (Fsp3) is 0.154. The van der Waals surface area contributed by atoms with Crippen LogP contribution in [0.15, 0.2) is 30.9 Å². The molecule has 1 unspecified atom stereocenters. The molecule has 0 fully saturated rings. The molecule has 0 aliphatic heterocycles. The quantitative estimate of drug-likeness (QED) is 0.622. The van der Waals surface area contributed by atoms with Crippen molar-refractivity contribution < 1.29 is 29.3 Å².